The summed E-state index contributed by atoms with van der Waals surface area (Å²) in [4.78, 5) is 0. The first-order chi connectivity index (χ1) is 16.1. The molecule has 0 N–H and O–H groups in total. The highest BCUT2D eigenvalue weighted by Crippen LogP contribution is 2.43. The van der Waals surface area contributed by atoms with Crippen molar-refractivity contribution in [3.05, 3.63) is 48.6 Å². The van der Waals surface area contributed by atoms with Crippen LogP contribution in [0, 0.1) is 41.4 Å². The van der Waals surface area contributed by atoms with Crippen LogP contribution in [-0.2, 0) is 11.3 Å². The highest BCUT2D eigenvalue weighted by Gasteiger charge is 2.32. The molecule has 2 fully saturated rings. The summed E-state index contributed by atoms with van der Waals surface area (Å²) in [5, 5.41) is 0. The fourth-order valence-corrected chi connectivity index (χ4v) is 7.15. The minimum atomic E-state index is 0.755. The van der Waals surface area contributed by atoms with Crippen LogP contribution in [0.15, 0.2) is 43.0 Å². The van der Waals surface area contributed by atoms with Crippen LogP contribution in [0.2, 0.25) is 0 Å². The van der Waals surface area contributed by atoms with E-state index in [1.54, 1.807) is 0 Å². The van der Waals surface area contributed by atoms with Gasteiger partial charge in [0.2, 0.25) is 0 Å². The Morgan fingerprint density at radius 1 is 0.909 bits per heavy atom. The highest BCUT2D eigenvalue weighted by atomic mass is 16.5. The summed E-state index contributed by atoms with van der Waals surface area (Å²) in [7, 11) is 0. The molecule has 0 bridgehead atoms. The molecule has 1 heteroatoms. The summed E-state index contributed by atoms with van der Waals surface area (Å²) >= 11 is 0. The molecule has 0 aliphatic heterocycles. The topological polar surface area (TPSA) is 9.23 Å². The maximum atomic E-state index is 6.03. The number of ether oxygens (including phenoxy) is 1. The van der Waals surface area contributed by atoms with Crippen molar-refractivity contribution < 1.29 is 4.74 Å². The molecule has 3 unspecified atom stereocenters. The predicted octanol–water partition coefficient (Wildman–Crippen LogP) is 9.47. The van der Waals surface area contributed by atoms with Crippen molar-refractivity contribution in [2.45, 2.75) is 104 Å². The van der Waals surface area contributed by atoms with Crippen molar-refractivity contribution in [3.8, 4) is 0 Å². The van der Waals surface area contributed by atoms with E-state index in [1.807, 2.05) is 0 Å². The molecule has 3 rings (SSSR count). The lowest BCUT2D eigenvalue weighted by atomic mass is 9.67. The Balaban J connectivity index is 1.37. The van der Waals surface area contributed by atoms with Gasteiger partial charge in [0.15, 0.2) is 0 Å². The lowest BCUT2D eigenvalue weighted by Gasteiger charge is -2.39. The van der Waals surface area contributed by atoms with Gasteiger partial charge in [-0.1, -0.05) is 82.9 Å². The summed E-state index contributed by atoms with van der Waals surface area (Å²) < 4.78 is 6.03. The number of rotatable bonds is 13. The zero-order valence-electron chi connectivity index (χ0n) is 22.0. The molecule has 0 radical (unpaired) electrons. The van der Waals surface area contributed by atoms with E-state index in [9.17, 15) is 0 Å². The van der Waals surface area contributed by atoms with Gasteiger partial charge in [0.05, 0.1) is 6.61 Å². The van der Waals surface area contributed by atoms with Gasteiger partial charge in [-0.25, -0.2) is 0 Å². The van der Waals surface area contributed by atoms with Gasteiger partial charge in [0.1, 0.15) is 0 Å². The molecule has 1 aromatic rings. The number of allylic oxidation sites excluding steroid dienone is 1. The molecule has 186 valence electrons. The molecule has 0 heterocycles. The maximum Gasteiger partial charge on any atom is 0.0716 e. The minimum absolute atomic E-state index is 0.755. The SMILES string of the molecule is C=CC1CCC(C(CC)CC2CCC(C(C)C(CC)CCOCc3ccccc3)CC2)CC1. The fourth-order valence-electron chi connectivity index (χ4n) is 7.15. The second kappa shape index (κ2) is 14.3. The molecule has 3 atom stereocenters. The van der Waals surface area contributed by atoms with Crippen molar-refractivity contribution in [1.29, 1.82) is 0 Å². The van der Waals surface area contributed by atoms with Crippen LogP contribution < -0.4 is 0 Å². The van der Waals surface area contributed by atoms with Gasteiger partial charge in [0.25, 0.3) is 0 Å². The zero-order chi connectivity index (χ0) is 23.5. The Kier molecular flexibility index (Phi) is 11.5. The van der Waals surface area contributed by atoms with E-state index in [4.69, 9.17) is 4.74 Å². The second-order valence-corrected chi connectivity index (χ2v) is 11.4. The van der Waals surface area contributed by atoms with E-state index < -0.39 is 0 Å². The Bertz CT molecular complexity index is 636. The van der Waals surface area contributed by atoms with Crippen LogP contribution in [0.3, 0.4) is 0 Å². The summed E-state index contributed by atoms with van der Waals surface area (Å²) in [6.45, 7) is 13.1. The number of hydrogen-bond donors (Lipinski definition) is 0. The van der Waals surface area contributed by atoms with Gasteiger partial charge in [0, 0.05) is 6.61 Å². The standard InChI is InChI=1S/C32H52O/c1-5-26-13-19-32(20-14-26)30(7-3)23-27-15-17-31(18-16-27)25(4)29(6-2)21-22-33-24-28-11-9-8-10-12-28/h5,8-12,25-27,29-32H,1,6-7,13-24H2,2-4H3. The third kappa shape index (κ3) is 8.27. The second-order valence-electron chi connectivity index (χ2n) is 11.4. The Morgan fingerprint density at radius 2 is 1.58 bits per heavy atom. The third-order valence-corrected chi connectivity index (χ3v) is 9.62. The first-order valence-corrected chi connectivity index (χ1v) is 14.4. The van der Waals surface area contributed by atoms with Crippen molar-refractivity contribution in [3.63, 3.8) is 0 Å². The number of benzene rings is 1. The van der Waals surface area contributed by atoms with Crippen molar-refractivity contribution >= 4 is 0 Å². The average Bonchev–Trinajstić information content (AvgIpc) is 2.88. The van der Waals surface area contributed by atoms with Crippen molar-refractivity contribution in [2.24, 2.45) is 41.4 Å². The molecule has 0 spiro atoms. The van der Waals surface area contributed by atoms with Gasteiger partial charge >= 0.3 is 0 Å². The fraction of sp³-hybridized carbons (Fsp3) is 0.750. The molecule has 1 nitrogen and oxygen atoms in total. The van der Waals surface area contributed by atoms with Crippen LogP contribution in [0.4, 0.5) is 0 Å². The van der Waals surface area contributed by atoms with Gasteiger partial charge < -0.3 is 4.74 Å². The predicted molar refractivity (Wildman–Crippen MR) is 143 cm³/mol. The summed E-state index contributed by atoms with van der Waals surface area (Å²) in [5.74, 6) is 6.33. The van der Waals surface area contributed by atoms with E-state index in [2.05, 4.69) is 63.8 Å². The van der Waals surface area contributed by atoms with Crippen molar-refractivity contribution in [1.82, 2.24) is 0 Å². The van der Waals surface area contributed by atoms with E-state index >= 15 is 0 Å². The molecule has 33 heavy (non-hydrogen) atoms. The van der Waals surface area contributed by atoms with Gasteiger partial charge in [-0.2, -0.15) is 0 Å². The number of hydrogen-bond acceptors (Lipinski definition) is 1. The quantitative estimate of drug-likeness (QED) is 0.214. The molecule has 2 aliphatic carbocycles. The molecule has 0 amide bonds. The molecular formula is C32H52O. The minimum Gasteiger partial charge on any atom is -0.377 e. The van der Waals surface area contributed by atoms with E-state index in [0.717, 1.165) is 54.6 Å². The first kappa shape index (κ1) is 26.5. The lowest BCUT2D eigenvalue weighted by Crippen LogP contribution is -2.28. The maximum absolute atomic E-state index is 6.03. The third-order valence-electron chi connectivity index (χ3n) is 9.62. The van der Waals surface area contributed by atoms with E-state index in [-0.39, 0.29) is 0 Å². The van der Waals surface area contributed by atoms with Crippen LogP contribution in [0.1, 0.15) is 103 Å². The Hall–Kier alpha value is -1.08. The summed E-state index contributed by atoms with van der Waals surface area (Å²) in [6.07, 6.45) is 19.2. The molecule has 2 aliphatic rings. The summed E-state index contributed by atoms with van der Waals surface area (Å²) in [6, 6.07) is 10.6. The monoisotopic (exact) mass is 452 g/mol. The van der Waals surface area contributed by atoms with E-state index in [0.29, 0.717) is 0 Å². The van der Waals surface area contributed by atoms with Crippen LogP contribution in [0.25, 0.3) is 0 Å². The van der Waals surface area contributed by atoms with Crippen molar-refractivity contribution in [2.75, 3.05) is 6.61 Å². The van der Waals surface area contributed by atoms with E-state index in [1.165, 1.54) is 82.6 Å². The molecule has 0 aromatic heterocycles. The summed E-state index contributed by atoms with van der Waals surface area (Å²) in [5.41, 5.74) is 1.29. The van der Waals surface area contributed by atoms with Gasteiger partial charge in [-0.05, 0) is 98.4 Å². The molecular weight excluding hydrogens is 400 g/mol. The van der Waals surface area contributed by atoms with Gasteiger partial charge in [-0.3, -0.25) is 0 Å². The molecule has 1 aromatic carbocycles. The first-order valence-electron chi connectivity index (χ1n) is 14.4. The largest absolute Gasteiger partial charge is 0.377 e. The lowest BCUT2D eigenvalue weighted by molar-refractivity contribution is 0.0799. The van der Waals surface area contributed by atoms with Crippen LogP contribution >= 0.6 is 0 Å². The Labute approximate surface area is 205 Å². The van der Waals surface area contributed by atoms with Crippen LogP contribution in [-0.4, -0.2) is 6.61 Å². The zero-order valence-corrected chi connectivity index (χ0v) is 22.0. The van der Waals surface area contributed by atoms with Crippen LogP contribution in [0.5, 0.6) is 0 Å². The molecule has 2 saturated carbocycles. The average molecular weight is 453 g/mol. The van der Waals surface area contributed by atoms with Gasteiger partial charge in [-0.15, -0.1) is 6.58 Å². The highest BCUT2D eigenvalue weighted by molar-refractivity contribution is 5.13. The smallest absolute Gasteiger partial charge is 0.0716 e. The normalized spacial score (nSPS) is 28.7. The Morgan fingerprint density at radius 3 is 2.18 bits per heavy atom. The molecule has 0 saturated heterocycles.